The molecule has 0 unspecified atom stereocenters. The highest BCUT2D eigenvalue weighted by molar-refractivity contribution is 6.11. The van der Waals surface area contributed by atoms with Crippen molar-refractivity contribution in [2.75, 3.05) is 6.54 Å². The number of carbonyl (C=O) groups excluding carboxylic acids is 3. The van der Waals surface area contributed by atoms with Crippen LogP contribution in [0.15, 0.2) is 36.5 Å². The molecular formula is C22H20F3N3O4. The van der Waals surface area contributed by atoms with Crippen LogP contribution in [0.1, 0.15) is 41.7 Å². The Bertz CT molecular complexity index is 1100. The quantitative estimate of drug-likeness (QED) is 0.542. The van der Waals surface area contributed by atoms with E-state index in [0.717, 1.165) is 6.07 Å². The maximum Gasteiger partial charge on any atom is 0.325 e. The van der Waals surface area contributed by atoms with Crippen LogP contribution in [0.2, 0.25) is 0 Å². The molecule has 0 bridgehead atoms. The number of Topliss-reactive ketones (excluding diaryl/α,β-unsaturated/α-hetero) is 1. The van der Waals surface area contributed by atoms with Gasteiger partial charge in [-0.3, -0.25) is 19.5 Å². The summed E-state index contributed by atoms with van der Waals surface area (Å²) in [5, 5.41) is 11.9. The van der Waals surface area contributed by atoms with Crippen molar-refractivity contribution in [2.45, 2.75) is 43.8 Å². The van der Waals surface area contributed by atoms with Gasteiger partial charge < -0.3 is 10.4 Å². The van der Waals surface area contributed by atoms with Crippen molar-refractivity contribution in [3.63, 3.8) is 0 Å². The van der Waals surface area contributed by atoms with Crippen LogP contribution in [0.3, 0.4) is 0 Å². The minimum atomic E-state index is -2.89. The number of urea groups is 1. The van der Waals surface area contributed by atoms with Crippen molar-refractivity contribution in [3.05, 3.63) is 53.6 Å². The summed E-state index contributed by atoms with van der Waals surface area (Å²) in [7, 11) is 0. The van der Waals surface area contributed by atoms with Gasteiger partial charge in [-0.1, -0.05) is 18.2 Å². The number of ketones is 1. The van der Waals surface area contributed by atoms with E-state index in [0.29, 0.717) is 10.5 Å². The van der Waals surface area contributed by atoms with Gasteiger partial charge in [-0.15, -0.1) is 0 Å². The largest absolute Gasteiger partial charge is 0.390 e. The molecule has 2 N–H and O–H groups in total. The van der Waals surface area contributed by atoms with Crippen LogP contribution in [-0.4, -0.2) is 50.7 Å². The Morgan fingerprint density at radius 1 is 1.12 bits per heavy atom. The second-order valence-electron chi connectivity index (χ2n) is 8.03. The van der Waals surface area contributed by atoms with Gasteiger partial charge in [0.05, 0.1) is 18.8 Å². The summed E-state index contributed by atoms with van der Waals surface area (Å²) < 4.78 is 41.7. The predicted molar refractivity (Wildman–Crippen MR) is 106 cm³/mol. The van der Waals surface area contributed by atoms with E-state index in [9.17, 15) is 32.7 Å². The van der Waals surface area contributed by atoms with E-state index < -0.39 is 61.0 Å². The van der Waals surface area contributed by atoms with E-state index in [4.69, 9.17) is 0 Å². The number of rotatable bonds is 5. The summed E-state index contributed by atoms with van der Waals surface area (Å²) >= 11 is 0. The average Bonchev–Trinajstić information content (AvgIpc) is 3.00. The lowest BCUT2D eigenvalue weighted by Crippen LogP contribution is -2.51. The van der Waals surface area contributed by atoms with Gasteiger partial charge in [-0.2, -0.15) is 0 Å². The molecule has 4 rings (SSSR count). The van der Waals surface area contributed by atoms with Crippen LogP contribution in [0.4, 0.5) is 18.0 Å². The van der Waals surface area contributed by atoms with Gasteiger partial charge >= 0.3 is 6.03 Å². The highest BCUT2D eigenvalue weighted by atomic mass is 19.3. The molecule has 0 radical (unpaired) electrons. The number of pyridine rings is 1. The third-order valence-corrected chi connectivity index (χ3v) is 6.00. The number of hydrogen-bond donors (Lipinski definition) is 2. The van der Waals surface area contributed by atoms with Crippen molar-refractivity contribution in [1.29, 1.82) is 0 Å². The van der Waals surface area contributed by atoms with Crippen molar-refractivity contribution >= 4 is 17.7 Å². The predicted octanol–water partition coefficient (Wildman–Crippen LogP) is 3.06. The highest BCUT2D eigenvalue weighted by Crippen LogP contribution is 2.41. The van der Waals surface area contributed by atoms with E-state index in [1.807, 2.05) is 0 Å². The van der Waals surface area contributed by atoms with Crippen molar-refractivity contribution in [2.24, 2.45) is 0 Å². The fourth-order valence-electron chi connectivity index (χ4n) is 4.15. The second kappa shape index (κ2) is 8.01. The number of benzene rings is 1. The average molecular weight is 447 g/mol. The molecule has 1 saturated heterocycles. The number of nitrogens with zero attached hydrogens (tertiary/aromatic N) is 2. The summed E-state index contributed by atoms with van der Waals surface area (Å²) in [6.07, 6.45) is -0.0216. The minimum absolute atomic E-state index is 0.0579. The molecule has 32 heavy (non-hydrogen) atoms. The molecular weight excluding hydrogens is 427 g/mol. The van der Waals surface area contributed by atoms with E-state index in [1.54, 1.807) is 12.1 Å². The molecule has 7 nitrogen and oxygen atoms in total. The summed E-state index contributed by atoms with van der Waals surface area (Å²) in [4.78, 5) is 42.5. The molecule has 1 saturated carbocycles. The Labute approximate surface area is 181 Å². The SMILES string of the molecule is O=C(CN1C(=O)NC2(CCC(F)(F)CC2)C1=O)c1ccc(-c2cccnc2CO)c(F)c1. The number of aromatic nitrogens is 1. The maximum atomic E-state index is 14.7. The van der Waals surface area contributed by atoms with E-state index in [1.165, 1.54) is 18.3 Å². The number of amides is 3. The fourth-order valence-corrected chi connectivity index (χ4v) is 4.15. The molecule has 168 valence electrons. The first-order valence-electron chi connectivity index (χ1n) is 10.1. The number of nitrogens with one attached hydrogen (secondary N) is 1. The number of aliphatic hydroxyl groups is 1. The van der Waals surface area contributed by atoms with Crippen molar-refractivity contribution in [1.82, 2.24) is 15.2 Å². The zero-order valence-electron chi connectivity index (χ0n) is 16.9. The molecule has 3 amide bonds. The van der Waals surface area contributed by atoms with Crippen LogP contribution < -0.4 is 5.32 Å². The standard InChI is InChI=1S/C22H20F3N3O4/c23-16-10-13(3-4-14(16)15-2-1-9-26-17(15)12-29)18(30)11-28-19(31)21(27-20(28)32)5-7-22(24,25)8-6-21/h1-4,9-10,29H,5-8,11-12H2,(H,27,32). The number of carbonyl (C=O) groups is 3. The molecule has 1 aromatic carbocycles. The Morgan fingerprint density at radius 3 is 2.50 bits per heavy atom. The number of halogens is 3. The molecule has 2 heterocycles. The number of aliphatic hydroxyl groups excluding tert-OH is 1. The lowest BCUT2D eigenvalue weighted by atomic mass is 9.80. The zero-order valence-corrected chi connectivity index (χ0v) is 16.9. The molecule has 1 spiro atoms. The van der Waals surface area contributed by atoms with Crippen molar-refractivity contribution in [3.8, 4) is 11.1 Å². The van der Waals surface area contributed by atoms with Gasteiger partial charge in [0, 0.05) is 35.7 Å². The minimum Gasteiger partial charge on any atom is -0.390 e. The Hall–Kier alpha value is -3.27. The monoisotopic (exact) mass is 447 g/mol. The first kappa shape index (κ1) is 21.9. The van der Waals surface area contributed by atoms with E-state index in [-0.39, 0.29) is 29.7 Å². The third-order valence-electron chi connectivity index (χ3n) is 6.00. The number of hydrogen-bond acceptors (Lipinski definition) is 5. The summed E-state index contributed by atoms with van der Waals surface area (Å²) in [5.74, 6) is -5.01. The van der Waals surface area contributed by atoms with E-state index in [2.05, 4.69) is 10.3 Å². The smallest absolute Gasteiger partial charge is 0.325 e. The lowest BCUT2D eigenvalue weighted by molar-refractivity contribution is -0.135. The zero-order chi connectivity index (χ0) is 23.1. The molecule has 10 heteroatoms. The lowest BCUT2D eigenvalue weighted by Gasteiger charge is -2.34. The second-order valence-corrected chi connectivity index (χ2v) is 8.03. The van der Waals surface area contributed by atoms with Gasteiger partial charge in [0.1, 0.15) is 11.4 Å². The molecule has 1 aromatic heterocycles. The molecule has 2 aliphatic rings. The van der Waals surface area contributed by atoms with Crippen LogP contribution >= 0.6 is 0 Å². The number of alkyl halides is 2. The molecule has 1 aliphatic heterocycles. The van der Waals surface area contributed by atoms with Crippen molar-refractivity contribution < 1.29 is 32.7 Å². The summed E-state index contributed by atoms with van der Waals surface area (Å²) in [6, 6.07) is 6.04. The van der Waals surface area contributed by atoms with Gasteiger partial charge in [-0.25, -0.2) is 18.0 Å². The summed E-state index contributed by atoms with van der Waals surface area (Å²) in [6.45, 7) is -1.02. The Morgan fingerprint density at radius 2 is 1.84 bits per heavy atom. The Balaban J connectivity index is 1.51. The van der Waals surface area contributed by atoms with Gasteiger partial charge in [0.2, 0.25) is 5.92 Å². The van der Waals surface area contributed by atoms with Crippen LogP contribution in [-0.2, 0) is 11.4 Å². The molecule has 2 aromatic rings. The molecule has 1 aliphatic carbocycles. The summed E-state index contributed by atoms with van der Waals surface area (Å²) in [5.41, 5.74) is -0.701. The van der Waals surface area contributed by atoms with Crippen LogP contribution in [0, 0.1) is 5.82 Å². The molecule has 2 fully saturated rings. The number of imide groups is 1. The van der Waals surface area contributed by atoms with Gasteiger partial charge in [0.15, 0.2) is 5.78 Å². The van der Waals surface area contributed by atoms with Crippen LogP contribution in [0.25, 0.3) is 11.1 Å². The topological polar surface area (TPSA) is 99.6 Å². The maximum absolute atomic E-state index is 14.7. The first-order valence-corrected chi connectivity index (χ1v) is 10.1. The van der Waals surface area contributed by atoms with Crippen LogP contribution in [0.5, 0.6) is 0 Å². The first-order chi connectivity index (χ1) is 15.2. The van der Waals surface area contributed by atoms with E-state index >= 15 is 0 Å². The Kier molecular flexibility index (Phi) is 5.49. The van der Waals surface area contributed by atoms with Gasteiger partial charge in [-0.05, 0) is 25.0 Å². The molecule has 0 atom stereocenters. The van der Waals surface area contributed by atoms with Gasteiger partial charge in [0.25, 0.3) is 5.91 Å². The fraction of sp³-hybridized carbons (Fsp3) is 0.364. The normalized spacial score (nSPS) is 19.3. The highest BCUT2D eigenvalue weighted by Gasteiger charge is 2.55. The third kappa shape index (κ3) is 3.86.